The first-order valence-corrected chi connectivity index (χ1v) is 7.28. The van der Waals surface area contributed by atoms with Crippen LogP contribution in [0.2, 0.25) is 0 Å². The number of halogens is 1. The summed E-state index contributed by atoms with van der Waals surface area (Å²) in [7, 11) is 1.39. The lowest BCUT2D eigenvalue weighted by Crippen LogP contribution is -2.43. The van der Waals surface area contributed by atoms with Crippen molar-refractivity contribution in [2.75, 3.05) is 13.7 Å². The summed E-state index contributed by atoms with van der Waals surface area (Å²) in [6, 6.07) is 0.310. The fourth-order valence-electron chi connectivity index (χ4n) is 2.82. The van der Waals surface area contributed by atoms with Crippen LogP contribution >= 0.6 is 15.9 Å². The monoisotopic (exact) mass is 342 g/mol. The number of nitrogens with zero attached hydrogens (tertiary/aromatic N) is 2. The predicted molar refractivity (Wildman–Crippen MR) is 74.4 cm³/mol. The lowest BCUT2D eigenvalue weighted by Gasteiger charge is -2.33. The molecule has 1 unspecified atom stereocenters. The Kier molecular flexibility index (Phi) is 3.04. The zero-order chi connectivity index (χ0) is 14.6. The highest BCUT2D eigenvalue weighted by atomic mass is 79.9. The molecule has 2 aliphatic rings. The van der Waals surface area contributed by atoms with Gasteiger partial charge in [0.05, 0.1) is 7.11 Å². The van der Waals surface area contributed by atoms with E-state index in [1.807, 2.05) is 11.8 Å². The molecule has 1 amide bonds. The van der Waals surface area contributed by atoms with Gasteiger partial charge in [-0.3, -0.25) is 4.79 Å². The van der Waals surface area contributed by atoms with Crippen molar-refractivity contribution in [1.29, 1.82) is 0 Å². The van der Waals surface area contributed by atoms with E-state index in [1.54, 1.807) is 4.57 Å². The fourth-order valence-corrected chi connectivity index (χ4v) is 3.70. The SMILES string of the molecule is COc1c(C(=O)O)c(Br)n2c1C(=O)N(C1CC1)CC2C. The van der Waals surface area contributed by atoms with Gasteiger partial charge in [0, 0.05) is 18.6 Å². The van der Waals surface area contributed by atoms with Gasteiger partial charge in [-0.05, 0) is 35.7 Å². The molecular weight excluding hydrogens is 328 g/mol. The van der Waals surface area contributed by atoms with Crippen LogP contribution in [-0.2, 0) is 0 Å². The van der Waals surface area contributed by atoms with Gasteiger partial charge in [0.25, 0.3) is 5.91 Å². The Bertz CT molecular complexity index is 606. The molecule has 1 aliphatic heterocycles. The van der Waals surface area contributed by atoms with E-state index in [0.29, 0.717) is 22.9 Å². The van der Waals surface area contributed by atoms with Crippen LogP contribution < -0.4 is 4.74 Å². The van der Waals surface area contributed by atoms with Crippen LogP contribution in [-0.4, -0.2) is 46.1 Å². The van der Waals surface area contributed by atoms with E-state index in [9.17, 15) is 14.7 Å². The van der Waals surface area contributed by atoms with Crippen molar-refractivity contribution in [3.8, 4) is 5.75 Å². The van der Waals surface area contributed by atoms with E-state index in [0.717, 1.165) is 12.8 Å². The maximum Gasteiger partial charge on any atom is 0.342 e. The number of hydrogen-bond acceptors (Lipinski definition) is 3. The van der Waals surface area contributed by atoms with E-state index in [1.165, 1.54) is 7.11 Å². The number of rotatable bonds is 3. The fraction of sp³-hybridized carbons (Fsp3) is 0.538. The summed E-state index contributed by atoms with van der Waals surface area (Å²) in [5.74, 6) is -1.10. The van der Waals surface area contributed by atoms with Gasteiger partial charge in [-0.1, -0.05) is 0 Å². The molecule has 1 aromatic heterocycles. The molecule has 0 saturated heterocycles. The van der Waals surface area contributed by atoms with Gasteiger partial charge >= 0.3 is 5.97 Å². The first kappa shape index (κ1) is 13.5. The predicted octanol–water partition coefficient (Wildman–Crippen LogP) is 2.14. The highest BCUT2D eigenvalue weighted by molar-refractivity contribution is 9.10. The number of amides is 1. The van der Waals surface area contributed by atoms with Crippen LogP contribution in [0.4, 0.5) is 0 Å². The molecule has 0 bridgehead atoms. The molecule has 3 rings (SSSR count). The van der Waals surface area contributed by atoms with Crippen molar-refractivity contribution in [3.05, 3.63) is 15.9 Å². The van der Waals surface area contributed by atoms with E-state index in [-0.39, 0.29) is 23.3 Å². The number of aromatic nitrogens is 1. The van der Waals surface area contributed by atoms with Crippen LogP contribution in [0.5, 0.6) is 5.75 Å². The van der Waals surface area contributed by atoms with Crippen LogP contribution in [0.3, 0.4) is 0 Å². The summed E-state index contributed by atoms with van der Waals surface area (Å²) >= 11 is 3.30. The molecule has 0 aromatic carbocycles. The van der Waals surface area contributed by atoms with Crippen molar-refractivity contribution in [1.82, 2.24) is 9.47 Å². The highest BCUT2D eigenvalue weighted by Crippen LogP contribution is 2.42. The van der Waals surface area contributed by atoms with E-state index in [2.05, 4.69) is 15.9 Å². The van der Waals surface area contributed by atoms with Crippen molar-refractivity contribution in [2.24, 2.45) is 0 Å². The topological polar surface area (TPSA) is 71.8 Å². The number of carbonyl (C=O) groups excluding carboxylic acids is 1. The van der Waals surface area contributed by atoms with Crippen molar-refractivity contribution >= 4 is 27.8 Å². The molecule has 1 aromatic rings. The smallest absolute Gasteiger partial charge is 0.342 e. The summed E-state index contributed by atoms with van der Waals surface area (Å²) in [6.07, 6.45) is 2.04. The number of carboxylic acid groups (broad SMARTS) is 1. The molecule has 1 N–H and O–H groups in total. The third-order valence-corrected chi connectivity index (χ3v) is 4.65. The van der Waals surface area contributed by atoms with Crippen LogP contribution in [0, 0.1) is 0 Å². The van der Waals surface area contributed by atoms with Crippen LogP contribution in [0.15, 0.2) is 4.60 Å². The van der Waals surface area contributed by atoms with E-state index < -0.39 is 5.97 Å². The van der Waals surface area contributed by atoms with Crippen LogP contribution in [0.25, 0.3) is 0 Å². The van der Waals surface area contributed by atoms with Gasteiger partial charge in [-0.15, -0.1) is 0 Å². The summed E-state index contributed by atoms with van der Waals surface area (Å²) < 4.78 is 7.34. The number of fused-ring (bicyclic) bond motifs is 1. The zero-order valence-corrected chi connectivity index (χ0v) is 12.8. The maximum absolute atomic E-state index is 12.6. The number of aromatic carboxylic acids is 1. The van der Waals surface area contributed by atoms with Crippen molar-refractivity contribution in [2.45, 2.75) is 31.8 Å². The lowest BCUT2D eigenvalue weighted by atomic mass is 10.2. The van der Waals surface area contributed by atoms with Gasteiger partial charge in [0.2, 0.25) is 0 Å². The first-order valence-electron chi connectivity index (χ1n) is 6.49. The number of methoxy groups -OCH3 is 1. The molecule has 108 valence electrons. The molecule has 1 saturated carbocycles. The molecule has 7 heteroatoms. The summed E-state index contributed by atoms with van der Waals surface area (Å²) in [6.45, 7) is 2.58. The third-order valence-electron chi connectivity index (χ3n) is 3.87. The minimum Gasteiger partial charge on any atom is -0.493 e. The molecule has 1 atom stereocenters. The Balaban J connectivity index is 2.20. The number of ether oxygens (including phenoxy) is 1. The Morgan fingerprint density at radius 2 is 2.10 bits per heavy atom. The largest absolute Gasteiger partial charge is 0.493 e. The first-order chi connectivity index (χ1) is 9.47. The molecule has 1 aliphatic carbocycles. The maximum atomic E-state index is 12.6. The van der Waals surface area contributed by atoms with Gasteiger partial charge < -0.3 is 19.3 Å². The van der Waals surface area contributed by atoms with Gasteiger partial charge in [-0.25, -0.2) is 4.79 Å². The molecule has 0 radical (unpaired) electrons. The third kappa shape index (κ3) is 1.76. The minimum atomic E-state index is -1.10. The summed E-state index contributed by atoms with van der Waals surface area (Å²) in [4.78, 5) is 25.9. The quantitative estimate of drug-likeness (QED) is 0.913. The molecule has 6 nitrogen and oxygen atoms in total. The number of carbonyl (C=O) groups is 2. The van der Waals surface area contributed by atoms with Gasteiger partial charge in [-0.2, -0.15) is 0 Å². The number of carboxylic acids is 1. The minimum absolute atomic E-state index is 0.0136. The molecular formula is C13H15BrN2O4. The normalized spacial score (nSPS) is 21.9. The van der Waals surface area contributed by atoms with Gasteiger partial charge in [0.1, 0.15) is 10.2 Å². The molecule has 20 heavy (non-hydrogen) atoms. The van der Waals surface area contributed by atoms with Crippen LogP contribution in [0.1, 0.15) is 46.7 Å². The van der Waals surface area contributed by atoms with Gasteiger partial charge in [0.15, 0.2) is 11.4 Å². The average molecular weight is 343 g/mol. The molecule has 0 spiro atoms. The average Bonchev–Trinajstić information content (AvgIpc) is 3.17. The van der Waals surface area contributed by atoms with E-state index >= 15 is 0 Å². The second-order valence-electron chi connectivity index (χ2n) is 5.26. The zero-order valence-electron chi connectivity index (χ0n) is 11.2. The standard InChI is InChI=1S/C13H15BrN2O4/c1-6-5-15(7-3-4-7)12(17)9-10(20-2)8(13(18)19)11(14)16(6)9/h6-7H,3-5H2,1-2H3,(H,18,19). The second-order valence-corrected chi connectivity index (χ2v) is 6.01. The molecule has 1 fully saturated rings. The van der Waals surface area contributed by atoms with E-state index in [4.69, 9.17) is 4.74 Å². The second kappa shape index (κ2) is 4.51. The lowest BCUT2D eigenvalue weighted by molar-refractivity contribution is 0.0654. The Labute approximate surface area is 124 Å². The summed E-state index contributed by atoms with van der Waals surface area (Å²) in [5, 5.41) is 9.34. The van der Waals surface area contributed by atoms with Crippen molar-refractivity contribution < 1.29 is 19.4 Å². The highest BCUT2D eigenvalue weighted by Gasteiger charge is 2.43. The Morgan fingerprint density at radius 1 is 1.45 bits per heavy atom. The molecule has 2 heterocycles. The van der Waals surface area contributed by atoms with Crippen molar-refractivity contribution in [3.63, 3.8) is 0 Å². The Morgan fingerprint density at radius 3 is 2.60 bits per heavy atom. The Hall–Kier alpha value is -1.50. The number of hydrogen-bond donors (Lipinski definition) is 1. The summed E-state index contributed by atoms with van der Waals surface area (Å²) in [5.41, 5.74) is 0.350.